The fourth-order valence-corrected chi connectivity index (χ4v) is 4.13. The molecule has 7 nitrogen and oxygen atoms in total. The predicted molar refractivity (Wildman–Crippen MR) is 135 cm³/mol. The molecule has 0 atom stereocenters. The number of ether oxygens (including phenoxy) is 1. The van der Waals surface area contributed by atoms with Crippen molar-refractivity contribution in [3.8, 4) is 11.1 Å². The maximum absolute atomic E-state index is 13.0. The van der Waals surface area contributed by atoms with Gasteiger partial charge < -0.3 is 20.1 Å². The van der Waals surface area contributed by atoms with Crippen molar-refractivity contribution < 1.29 is 14.6 Å². The summed E-state index contributed by atoms with van der Waals surface area (Å²) in [4.78, 5) is 28.0. The minimum absolute atomic E-state index is 0.100. The molecule has 7 heteroatoms. The second-order valence-electron chi connectivity index (χ2n) is 9.22. The summed E-state index contributed by atoms with van der Waals surface area (Å²) in [6.07, 6.45) is 0. The summed E-state index contributed by atoms with van der Waals surface area (Å²) < 4.78 is 7.10. The van der Waals surface area contributed by atoms with Crippen LogP contribution < -0.4 is 15.8 Å². The Kier molecular flexibility index (Phi) is 6.59. The summed E-state index contributed by atoms with van der Waals surface area (Å²) >= 11 is 0. The highest BCUT2D eigenvalue weighted by atomic mass is 16.5. The van der Waals surface area contributed by atoms with E-state index < -0.39 is 5.60 Å². The monoisotopic (exact) mass is 461 g/mol. The molecule has 1 aliphatic rings. The quantitative estimate of drug-likeness (QED) is 0.606. The maximum Gasteiger partial charge on any atom is 0.255 e. The topological polar surface area (TPSA) is 83.8 Å². The van der Waals surface area contributed by atoms with Crippen molar-refractivity contribution in [2.24, 2.45) is 7.05 Å². The number of rotatable bonds is 5. The highest BCUT2D eigenvalue weighted by molar-refractivity contribution is 6.05. The number of nitrogens with zero attached hydrogens (tertiary/aromatic N) is 2. The lowest BCUT2D eigenvalue weighted by Gasteiger charge is -2.30. The number of aliphatic hydroxyl groups is 1. The Morgan fingerprint density at radius 3 is 2.50 bits per heavy atom. The smallest absolute Gasteiger partial charge is 0.255 e. The van der Waals surface area contributed by atoms with Crippen molar-refractivity contribution >= 4 is 17.4 Å². The van der Waals surface area contributed by atoms with E-state index in [1.54, 1.807) is 55.8 Å². The highest BCUT2D eigenvalue weighted by Crippen LogP contribution is 2.28. The molecular weight excluding hydrogens is 430 g/mol. The Morgan fingerprint density at radius 2 is 1.79 bits per heavy atom. The molecule has 0 radical (unpaired) electrons. The number of hydrogen-bond donors (Lipinski definition) is 2. The van der Waals surface area contributed by atoms with E-state index in [0.717, 1.165) is 35.6 Å². The van der Waals surface area contributed by atoms with Crippen molar-refractivity contribution in [1.29, 1.82) is 0 Å². The van der Waals surface area contributed by atoms with Crippen molar-refractivity contribution in [3.05, 3.63) is 81.6 Å². The van der Waals surface area contributed by atoms with Gasteiger partial charge in [0, 0.05) is 37.5 Å². The summed E-state index contributed by atoms with van der Waals surface area (Å²) in [6, 6.07) is 16.3. The van der Waals surface area contributed by atoms with Gasteiger partial charge in [-0.15, -0.1) is 0 Å². The minimum atomic E-state index is -1.00. The SMILES string of the molecule is Cc1ccc(C(=O)Nc2cccc(C(C)(C)O)c2)cc1-c1cc(N2CCOCC2)n(C)c(=O)c1. The second kappa shape index (κ2) is 9.44. The van der Waals surface area contributed by atoms with E-state index in [0.29, 0.717) is 30.0 Å². The van der Waals surface area contributed by atoms with Gasteiger partial charge in [-0.25, -0.2) is 0 Å². The normalized spacial score (nSPS) is 14.2. The van der Waals surface area contributed by atoms with Crippen LogP contribution in [-0.4, -0.2) is 41.9 Å². The van der Waals surface area contributed by atoms with Crippen LogP contribution in [-0.2, 0) is 17.4 Å². The van der Waals surface area contributed by atoms with Gasteiger partial charge in [-0.1, -0.05) is 18.2 Å². The lowest BCUT2D eigenvalue weighted by atomic mass is 9.97. The number of aromatic nitrogens is 1. The molecule has 1 fully saturated rings. The van der Waals surface area contributed by atoms with Crippen LogP contribution >= 0.6 is 0 Å². The molecule has 1 amide bonds. The fraction of sp³-hybridized carbons (Fsp3) is 0.333. The number of carbonyl (C=O) groups excluding carboxylic acids is 1. The van der Waals surface area contributed by atoms with Crippen LogP contribution in [0.15, 0.2) is 59.4 Å². The van der Waals surface area contributed by atoms with Gasteiger partial charge in [0.05, 0.1) is 18.8 Å². The van der Waals surface area contributed by atoms with Crippen molar-refractivity contribution in [2.45, 2.75) is 26.4 Å². The van der Waals surface area contributed by atoms with Crippen LogP contribution in [0, 0.1) is 6.92 Å². The number of morpholine rings is 1. The molecule has 178 valence electrons. The van der Waals surface area contributed by atoms with Crippen LogP contribution in [0.25, 0.3) is 11.1 Å². The van der Waals surface area contributed by atoms with E-state index in [4.69, 9.17) is 4.74 Å². The third kappa shape index (κ3) is 5.05. The van der Waals surface area contributed by atoms with Gasteiger partial charge in [-0.3, -0.25) is 14.2 Å². The molecule has 0 unspecified atom stereocenters. The molecular formula is C27H31N3O4. The highest BCUT2D eigenvalue weighted by Gasteiger charge is 2.19. The minimum Gasteiger partial charge on any atom is -0.386 e. The molecule has 2 heterocycles. The van der Waals surface area contributed by atoms with Gasteiger partial charge in [0.1, 0.15) is 5.82 Å². The summed E-state index contributed by atoms with van der Waals surface area (Å²) in [5, 5.41) is 13.2. The first-order valence-corrected chi connectivity index (χ1v) is 11.4. The molecule has 1 saturated heterocycles. The van der Waals surface area contributed by atoms with E-state index in [2.05, 4.69) is 10.2 Å². The number of hydrogen-bond acceptors (Lipinski definition) is 5. The van der Waals surface area contributed by atoms with Gasteiger partial charge >= 0.3 is 0 Å². The molecule has 0 saturated carbocycles. The first kappa shape index (κ1) is 23.7. The fourth-order valence-electron chi connectivity index (χ4n) is 4.13. The molecule has 1 aromatic heterocycles. The van der Waals surface area contributed by atoms with Crippen LogP contribution in [0.5, 0.6) is 0 Å². The van der Waals surface area contributed by atoms with Crippen LogP contribution in [0.2, 0.25) is 0 Å². The first-order valence-electron chi connectivity index (χ1n) is 11.4. The van der Waals surface area contributed by atoms with Gasteiger partial charge in [0.2, 0.25) is 0 Å². The number of amides is 1. The van der Waals surface area contributed by atoms with Crippen molar-refractivity contribution in [1.82, 2.24) is 4.57 Å². The molecule has 0 spiro atoms. The Labute approximate surface area is 199 Å². The molecule has 2 N–H and O–H groups in total. The Hall–Kier alpha value is -3.42. The van der Waals surface area contributed by atoms with Crippen LogP contribution in [0.3, 0.4) is 0 Å². The summed E-state index contributed by atoms with van der Waals surface area (Å²) in [7, 11) is 1.77. The summed E-state index contributed by atoms with van der Waals surface area (Å²) in [5.74, 6) is 0.579. The third-order valence-electron chi connectivity index (χ3n) is 6.21. The van der Waals surface area contributed by atoms with Gasteiger partial charge in [-0.2, -0.15) is 0 Å². The molecule has 0 bridgehead atoms. The molecule has 0 aliphatic carbocycles. The average molecular weight is 462 g/mol. The number of aryl methyl sites for hydroxylation is 1. The number of carbonyl (C=O) groups is 1. The largest absolute Gasteiger partial charge is 0.386 e. The number of anilines is 2. The molecule has 4 rings (SSSR count). The summed E-state index contributed by atoms with van der Waals surface area (Å²) in [6.45, 7) is 8.08. The molecule has 34 heavy (non-hydrogen) atoms. The zero-order valence-corrected chi connectivity index (χ0v) is 20.1. The van der Waals surface area contributed by atoms with Crippen LogP contribution in [0.4, 0.5) is 11.5 Å². The number of nitrogens with one attached hydrogen (secondary N) is 1. The predicted octanol–water partition coefficient (Wildman–Crippen LogP) is 3.68. The van der Waals surface area contributed by atoms with Crippen molar-refractivity contribution in [2.75, 3.05) is 36.5 Å². The van der Waals surface area contributed by atoms with E-state index in [1.807, 2.05) is 31.2 Å². The van der Waals surface area contributed by atoms with Gasteiger partial charge in [0.15, 0.2) is 0 Å². The zero-order valence-electron chi connectivity index (χ0n) is 20.1. The number of pyridine rings is 1. The Bertz CT molecular complexity index is 1270. The van der Waals surface area contributed by atoms with E-state index in [1.165, 1.54) is 0 Å². The molecule has 1 aliphatic heterocycles. The average Bonchev–Trinajstić information content (AvgIpc) is 2.81. The molecule has 3 aromatic rings. The maximum atomic E-state index is 13.0. The van der Waals surface area contributed by atoms with E-state index in [9.17, 15) is 14.7 Å². The third-order valence-corrected chi connectivity index (χ3v) is 6.21. The number of benzene rings is 2. The Morgan fingerprint density at radius 1 is 1.06 bits per heavy atom. The zero-order chi connectivity index (χ0) is 24.5. The van der Waals surface area contributed by atoms with Crippen molar-refractivity contribution in [3.63, 3.8) is 0 Å². The molecule has 2 aromatic carbocycles. The van der Waals surface area contributed by atoms with E-state index >= 15 is 0 Å². The van der Waals surface area contributed by atoms with Crippen LogP contribution in [0.1, 0.15) is 35.3 Å². The summed E-state index contributed by atoms with van der Waals surface area (Å²) in [5.41, 5.74) is 3.29. The standard InChI is InChI=1S/C27H31N3O4/c1-18-8-9-19(26(32)28-22-7-5-6-21(17-22)27(2,3)33)14-23(18)20-15-24(29(4)25(31)16-20)30-10-12-34-13-11-30/h5-9,14-17,33H,10-13H2,1-4H3,(H,28,32). The van der Waals surface area contributed by atoms with Gasteiger partial charge in [-0.05, 0) is 73.4 Å². The lowest BCUT2D eigenvalue weighted by Crippen LogP contribution is -2.39. The Balaban J connectivity index is 1.66. The second-order valence-corrected chi connectivity index (χ2v) is 9.22. The first-order chi connectivity index (χ1) is 16.1. The van der Waals surface area contributed by atoms with Gasteiger partial charge in [0.25, 0.3) is 11.5 Å². The van der Waals surface area contributed by atoms with E-state index in [-0.39, 0.29) is 11.5 Å². The lowest BCUT2D eigenvalue weighted by molar-refractivity contribution is 0.0786.